The van der Waals surface area contributed by atoms with Crippen molar-refractivity contribution in [3.05, 3.63) is 29.8 Å². The average molecular weight is 393 g/mol. The van der Waals surface area contributed by atoms with E-state index < -0.39 is 54.1 Å². The van der Waals surface area contributed by atoms with Crippen molar-refractivity contribution in [2.24, 2.45) is 5.92 Å². The van der Waals surface area contributed by atoms with E-state index in [0.29, 0.717) is 0 Å². The number of nitrogens with one attached hydrogen (secondary N) is 1. The van der Waals surface area contributed by atoms with Gasteiger partial charge in [-0.25, -0.2) is 4.79 Å². The van der Waals surface area contributed by atoms with Crippen molar-refractivity contribution in [1.29, 1.82) is 0 Å². The van der Waals surface area contributed by atoms with Crippen molar-refractivity contribution in [2.45, 2.75) is 38.6 Å². The standard InChI is InChI=1S/C19H23NO8/c1-9-4-5-13(21)18(25)15(23)8-16(24)20-12-6-11(27-3)7-14(22)17(12)19(26)28-10(9)2/h4-7,9-10,15,18,22-23,25H,8H2,1-3H3,(H,20,24)/b5-4-/t9-,10?,15?,18?/m1/s1. The van der Waals surface area contributed by atoms with Crippen molar-refractivity contribution in [3.8, 4) is 11.5 Å². The molecule has 1 aliphatic rings. The van der Waals surface area contributed by atoms with Crippen LogP contribution in [0.2, 0.25) is 0 Å². The number of aliphatic hydroxyl groups excluding tert-OH is 2. The first kappa shape index (κ1) is 21.4. The number of aliphatic hydroxyl groups is 2. The summed E-state index contributed by atoms with van der Waals surface area (Å²) in [5, 5.41) is 32.5. The Morgan fingerprint density at radius 2 is 1.86 bits per heavy atom. The number of phenols is 1. The molecule has 2 rings (SSSR count). The van der Waals surface area contributed by atoms with Crippen molar-refractivity contribution >= 4 is 23.3 Å². The minimum atomic E-state index is -1.78. The molecule has 1 heterocycles. The molecule has 9 heteroatoms. The van der Waals surface area contributed by atoms with Gasteiger partial charge in [0.15, 0.2) is 5.78 Å². The first-order valence-corrected chi connectivity index (χ1v) is 8.64. The maximum atomic E-state index is 12.6. The molecule has 0 saturated heterocycles. The maximum absolute atomic E-state index is 12.6. The van der Waals surface area contributed by atoms with E-state index in [-0.39, 0.29) is 17.0 Å². The Morgan fingerprint density at radius 3 is 2.50 bits per heavy atom. The van der Waals surface area contributed by atoms with E-state index in [1.165, 1.54) is 25.3 Å². The van der Waals surface area contributed by atoms with Gasteiger partial charge in [0.05, 0.1) is 25.3 Å². The zero-order valence-corrected chi connectivity index (χ0v) is 15.7. The van der Waals surface area contributed by atoms with Gasteiger partial charge in [0.1, 0.15) is 29.3 Å². The number of methoxy groups -OCH3 is 1. The van der Waals surface area contributed by atoms with Crippen LogP contribution in [0.3, 0.4) is 0 Å². The van der Waals surface area contributed by atoms with Crippen LogP contribution in [0.1, 0.15) is 30.6 Å². The molecule has 0 fully saturated rings. The Hall–Kier alpha value is -2.91. The van der Waals surface area contributed by atoms with Crippen molar-refractivity contribution < 1.29 is 39.2 Å². The molecule has 28 heavy (non-hydrogen) atoms. The third-order valence-electron chi connectivity index (χ3n) is 4.45. The van der Waals surface area contributed by atoms with Crippen molar-refractivity contribution in [1.82, 2.24) is 0 Å². The highest BCUT2D eigenvalue weighted by atomic mass is 16.5. The van der Waals surface area contributed by atoms with Gasteiger partial charge in [0.25, 0.3) is 0 Å². The van der Waals surface area contributed by atoms with Crippen LogP contribution in [-0.2, 0) is 14.3 Å². The van der Waals surface area contributed by atoms with Crippen LogP contribution in [0.5, 0.6) is 11.5 Å². The summed E-state index contributed by atoms with van der Waals surface area (Å²) < 4.78 is 10.4. The number of carbonyl (C=O) groups is 3. The summed E-state index contributed by atoms with van der Waals surface area (Å²) in [6.07, 6.45) is -2.24. The first-order valence-electron chi connectivity index (χ1n) is 8.64. The molecule has 4 atom stereocenters. The highest BCUT2D eigenvalue weighted by Gasteiger charge is 2.28. The number of phenolic OH excluding ortho intramolecular Hbond substituents is 1. The molecular formula is C19H23NO8. The number of ketones is 1. The smallest absolute Gasteiger partial charge is 0.344 e. The summed E-state index contributed by atoms with van der Waals surface area (Å²) >= 11 is 0. The normalized spacial score (nSPS) is 27.8. The number of esters is 1. The second kappa shape index (κ2) is 8.85. The van der Waals surface area contributed by atoms with E-state index in [0.717, 1.165) is 6.08 Å². The fourth-order valence-electron chi connectivity index (χ4n) is 2.56. The number of anilines is 1. The van der Waals surface area contributed by atoms with Crippen LogP contribution in [0.25, 0.3) is 0 Å². The number of rotatable bonds is 1. The Bertz CT molecular complexity index is 803. The number of carbonyl (C=O) groups excluding carboxylic acids is 3. The molecule has 9 nitrogen and oxygen atoms in total. The van der Waals surface area contributed by atoms with E-state index in [1.807, 2.05) is 0 Å². The van der Waals surface area contributed by atoms with E-state index in [1.54, 1.807) is 13.8 Å². The molecule has 1 aliphatic heterocycles. The monoisotopic (exact) mass is 393 g/mol. The Labute approximate surface area is 161 Å². The van der Waals surface area contributed by atoms with Crippen LogP contribution in [0.4, 0.5) is 5.69 Å². The van der Waals surface area contributed by atoms with Gasteiger partial charge < -0.3 is 30.1 Å². The minimum Gasteiger partial charge on any atom is -0.507 e. The number of hydrogen-bond donors (Lipinski definition) is 4. The molecule has 0 bridgehead atoms. The lowest BCUT2D eigenvalue weighted by molar-refractivity contribution is -0.130. The predicted octanol–water partition coefficient (Wildman–Crippen LogP) is 0.771. The number of aromatic hydroxyl groups is 1. The molecular weight excluding hydrogens is 370 g/mol. The number of benzene rings is 1. The quantitative estimate of drug-likeness (QED) is 0.513. The summed E-state index contributed by atoms with van der Waals surface area (Å²) in [6, 6.07) is 2.50. The molecule has 4 N–H and O–H groups in total. The van der Waals surface area contributed by atoms with Gasteiger partial charge in [0.2, 0.25) is 5.91 Å². The largest absolute Gasteiger partial charge is 0.507 e. The van der Waals surface area contributed by atoms with Gasteiger partial charge in [0, 0.05) is 18.1 Å². The summed E-state index contributed by atoms with van der Waals surface area (Å²) in [7, 11) is 1.34. The van der Waals surface area contributed by atoms with E-state index in [4.69, 9.17) is 9.47 Å². The molecule has 1 aromatic rings. The van der Waals surface area contributed by atoms with Gasteiger partial charge >= 0.3 is 5.97 Å². The molecule has 3 unspecified atom stereocenters. The molecule has 0 radical (unpaired) electrons. The minimum absolute atomic E-state index is 0.0904. The second-order valence-corrected chi connectivity index (χ2v) is 6.56. The number of fused-ring (bicyclic) bond motifs is 1. The van der Waals surface area contributed by atoms with Crippen LogP contribution < -0.4 is 10.1 Å². The van der Waals surface area contributed by atoms with Crippen molar-refractivity contribution in [3.63, 3.8) is 0 Å². The van der Waals surface area contributed by atoms with Gasteiger partial charge in [-0.2, -0.15) is 0 Å². The Balaban J connectivity index is 2.50. The summed E-state index contributed by atoms with van der Waals surface area (Å²) in [6.45, 7) is 3.28. The summed E-state index contributed by atoms with van der Waals surface area (Å²) in [5.74, 6) is -3.14. The fraction of sp³-hybridized carbons (Fsp3) is 0.421. The van der Waals surface area contributed by atoms with Crippen LogP contribution in [0.15, 0.2) is 24.3 Å². The fourth-order valence-corrected chi connectivity index (χ4v) is 2.56. The summed E-state index contributed by atoms with van der Waals surface area (Å²) in [5.41, 5.74) is -0.368. The number of cyclic esters (lactones) is 1. The Kier molecular flexibility index (Phi) is 6.76. The lowest BCUT2D eigenvalue weighted by Gasteiger charge is -2.21. The van der Waals surface area contributed by atoms with E-state index in [9.17, 15) is 29.7 Å². The molecule has 0 aliphatic carbocycles. The number of hydrogen-bond acceptors (Lipinski definition) is 8. The molecule has 1 amide bonds. The van der Waals surface area contributed by atoms with E-state index >= 15 is 0 Å². The van der Waals surface area contributed by atoms with Crippen LogP contribution in [0, 0.1) is 5.92 Å². The van der Waals surface area contributed by atoms with Crippen LogP contribution in [-0.4, -0.2) is 58.4 Å². The highest BCUT2D eigenvalue weighted by Crippen LogP contribution is 2.33. The van der Waals surface area contributed by atoms with Gasteiger partial charge in [-0.05, 0) is 13.0 Å². The van der Waals surface area contributed by atoms with Gasteiger partial charge in [-0.3, -0.25) is 9.59 Å². The lowest BCUT2D eigenvalue weighted by Crippen LogP contribution is -2.36. The van der Waals surface area contributed by atoms with Gasteiger partial charge in [-0.1, -0.05) is 13.0 Å². The molecule has 152 valence electrons. The Morgan fingerprint density at radius 1 is 1.18 bits per heavy atom. The summed E-state index contributed by atoms with van der Waals surface area (Å²) in [4.78, 5) is 36.8. The zero-order chi connectivity index (χ0) is 21.0. The number of ether oxygens (including phenoxy) is 2. The van der Waals surface area contributed by atoms with Crippen molar-refractivity contribution in [2.75, 3.05) is 12.4 Å². The molecule has 0 spiro atoms. The molecule has 0 saturated carbocycles. The lowest BCUT2D eigenvalue weighted by atomic mass is 10.0. The number of amides is 1. The van der Waals surface area contributed by atoms with E-state index in [2.05, 4.69) is 5.32 Å². The zero-order valence-electron chi connectivity index (χ0n) is 15.7. The maximum Gasteiger partial charge on any atom is 0.344 e. The van der Waals surface area contributed by atoms with Crippen LogP contribution >= 0.6 is 0 Å². The first-order chi connectivity index (χ1) is 13.1. The third-order valence-corrected chi connectivity index (χ3v) is 4.45. The topological polar surface area (TPSA) is 142 Å². The second-order valence-electron chi connectivity index (χ2n) is 6.56. The van der Waals surface area contributed by atoms with Gasteiger partial charge in [-0.15, -0.1) is 0 Å². The third kappa shape index (κ3) is 4.87. The SMILES string of the molecule is COc1cc(O)c2c(c1)NC(=O)CC(O)C(O)C(=O)/C=C\[C@@H](C)C(C)OC2=O. The molecule has 1 aromatic carbocycles. The predicted molar refractivity (Wildman–Crippen MR) is 98.1 cm³/mol. The molecule has 0 aromatic heterocycles. The highest BCUT2D eigenvalue weighted by molar-refractivity contribution is 6.04. The average Bonchev–Trinajstić information content (AvgIpc) is 2.63.